The number of rotatable bonds is 2. The highest BCUT2D eigenvalue weighted by Gasteiger charge is 2.34. The average molecular weight is 234 g/mol. The molecule has 0 fully saturated rings. The van der Waals surface area contributed by atoms with Gasteiger partial charge in [0.25, 0.3) is 0 Å². The van der Waals surface area contributed by atoms with E-state index in [0.717, 1.165) is 5.56 Å². The van der Waals surface area contributed by atoms with E-state index in [0.29, 0.717) is 24.2 Å². The van der Waals surface area contributed by atoms with Crippen molar-refractivity contribution in [2.24, 2.45) is 0 Å². The SMILES string of the molecule is COC(=O)C1C(=O)CCc2ccc(OC)cc21. The van der Waals surface area contributed by atoms with Gasteiger partial charge in [-0.2, -0.15) is 0 Å². The van der Waals surface area contributed by atoms with E-state index in [1.165, 1.54) is 7.11 Å². The van der Waals surface area contributed by atoms with Crippen molar-refractivity contribution in [1.82, 2.24) is 0 Å². The maximum atomic E-state index is 11.8. The minimum absolute atomic E-state index is 0.0856. The number of benzene rings is 1. The van der Waals surface area contributed by atoms with Crippen molar-refractivity contribution in [3.05, 3.63) is 29.3 Å². The molecule has 4 heteroatoms. The second-order valence-corrected chi connectivity index (χ2v) is 3.99. The highest BCUT2D eigenvalue weighted by atomic mass is 16.5. The molecule has 0 aliphatic heterocycles. The smallest absolute Gasteiger partial charge is 0.320 e. The van der Waals surface area contributed by atoms with Crippen LogP contribution in [0, 0.1) is 0 Å². The van der Waals surface area contributed by atoms with Crippen LogP contribution in [0.5, 0.6) is 5.75 Å². The Labute approximate surface area is 99.5 Å². The second kappa shape index (κ2) is 4.57. The number of Topliss-reactive ketones (excluding diaryl/α,β-unsaturated/α-hetero) is 1. The summed E-state index contributed by atoms with van der Waals surface area (Å²) >= 11 is 0. The topological polar surface area (TPSA) is 52.6 Å². The highest BCUT2D eigenvalue weighted by molar-refractivity contribution is 6.05. The lowest BCUT2D eigenvalue weighted by Crippen LogP contribution is -2.28. The fourth-order valence-electron chi connectivity index (χ4n) is 2.15. The molecule has 1 atom stereocenters. The molecule has 0 saturated heterocycles. The Morgan fingerprint density at radius 1 is 1.29 bits per heavy atom. The van der Waals surface area contributed by atoms with Crippen LogP contribution in [0.15, 0.2) is 18.2 Å². The number of ether oxygens (including phenoxy) is 2. The van der Waals surface area contributed by atoms with Crippen LogP contribution in [0.2, 0.25) is 0 Å². The van der Waals surface area contributed by atoms with Crippen molar-refractivity contribution in [2.75, 3.05) is 14.2 Å². The summed E-state index contributed by atoms with van der Waals surface area (Å²) in [6, 6.07) is 5.48. The molecule has 0 saturated carbocycles. The summed E-state index contributed by atoms with van der Waals surface area (Å²) in [6.07, 6.45) is 1.06. The fourth-order valence-corrected chi connectivity index (χ4v) is 2.15. The zero-order chi connectivity index (χ0) is 12.4. The number of hydrogen-bond donors (Lipinski definition) is 0. The van der Waals surface area contributed by atoms with Gasteiger partial charge in [-0.05, 0) is 29.7 Å². The number of ketones is 1. The van der Waals surface area contributed by atoms with Gasteiger partial charge < -0.3 is 9.47 Å². The number of fused-ring (bicyclic) bond motifs is 1. The number of carbonyl (C=O) groups excluding carboxylic acids is 2. The molecule has 0 radical (unpaired) electrons. The minimum Gasteiger partial charge on any atom is -0.497 e. The largest absolute Gasteiger partial charge is 0.497 e. The van der Waals surface area contributed by atoms with Gasteiger partial charge in [0.15, 0.2) is 5.78 Å². The number of hydrogen-bond acceptors (Lipinski definition) is 4. The maximum Gasteiger partial charge on any atom is 0.320 e. The molecule has 1 aliphatic carbocycles. The first-order valence-electron chi connectivity index (χ1n) is 5.44. The first-order valence-corrected chi connectivity index (χ1v) is 5.44. The third kappa shape index (κ3) is 2.02. The van der Waals surface area contributed by atoms with Gasteiger partial charge in [0.05, 0.1) is 14.2 Å². The van der Waals surface area contributed by atoms with Crippen LogP contribution >= 0.6 is 0 Å². The Morgan fingerprint density at radius 3 is 2.71 bits per heavy atom. The third-order valence-corrected chi connectivity index (χ3v) is 3.06. The normalized spacial score (nSPS) is 18.5. The number of aryl methyl sites for hydroxylation is 1. The predicted molar refractivity (Wildman–Crippen MR) is 61.1 cm³/mol. The zero-order valence-corrected chi connectivity index (χ0v) is 9.86. The van der Waals surface area contributed by atoms with E-state index in [-0.39, 0.29) is 5.78 Å². The summed E-state index contributed by atoms with van der Waals surface area (Å²) in [5, 5.41) is 0. The molecular formula is C13H14O4. The zero-order valence-electron chi connectivity index (χ0n) is 9.86. The Morgan fingerprint density at radius 2 is 2.06 bits per heavy atom. The van der Waals surface area contributed by atoms with Gasteiger partial charge in [0, 0.05) is 6.42 Å². The number of esters is 1. The maximum absolute atomic E-state index is 11.8. The lowest BCUT2D eigenvalue weighted by molar-refractivity contribution is -0.146. The summed E-state index contributed by atoms with van der Waals surface area (Å²) in [4.78, 5) is 23.5. The van der Waals surface area contributed by atoms with Crippen LogP contribution in [0.25, 0.3) is 0 Å². The lowest BCUT2D eigenvalue weighted by atomic mass is 9.82. The average Bonchev–Trinajstić information content (AvgIpc) is 2.37. The van der Waals surface area contributed by atoms with Gasteiger partial charge in [0.1, 0.15) is 11.7 Å². The molecule has 0 amide bonds. The fraction of sp³-hybridized carbons (Fsp3) is 0.385. The van der Waals surface area contributed by atoms with Crippen LogP contribution < -0.4 is 4.74 Å². The minimum atomic E-state index is -0.793. The molecule has 90 valence electrons. The van der Waals surface area contributed by atoms with Crippen molar-refractivity contribution >= 4 is 11.8 Å². The summed E-state index contributed by atoms with van der Waals surface area (Å²) in [7, 11) is 2.85. The molecule has 1 aromatic carbocycles. The van der Waals surface area contributed by atoms with E-state index in [2.05, 4.69) is 4.74 Å². The van der Waals surface area contributed by atoms with Gasteiger partial charge in [-0.3, -0.25) is 9.59 Å². The Kier molecular flexibility index (Phi) is 3.13. The standard InChI is InChI=1S/C13H14O4/c1-16-9-5-3-8-4-6-11(14)12(10(8)7-9)13(15)17-2/h3,5,7,12H,4,6H2,1-2H3. The van der Waals surface area contributed by atoms with Crippen LogP contribution in [0.1, 0.15) is 23.5 Å². The van der Waals surface area contributed by atoms with Crippen molar-refractivity contribution in [3.8, 4) is 5.75 Å². The molecule has 1 aliphatic rings. The van der Waals surface area contributed by atoms with E-state index in [1.807, 2.05) is 12.1 Å². The van der Waals surface area contributed by atoms with Crippen molar-refractivity contribution in [2.45, 2.75) is 18.8 Å². The Bertz CT molecular complexity index is 464. The van der Waals surface area contributed by atoms with Crippen LogP contribution in [-0.2, 0) is 20.7 Å². The van der Waals surface area contributed by atoms with Crippen LogP contribution in [0.3, 0.4) is 0 Å². The van der Waals surface area contributed by atoms with E-state index in [1.54, 1.807) is 13.2 Å². The summed E-state index contributed by atoms with van der Waals surface area (Å²) < 4.78 is 9.80. The molecule has 0 bridgehead atoms. The van der Waals surface area contributed by atoms with Gasteiger partial charge in [-0.15, -0.1) is 0 Å². The van der Waals surface area contributed by atoms with Crippen LogP contribution in [-0.4, -0.2) is 26.0 Å². The quantitative estimate of drug-likeness (QED) is 0.574. The number of carbonyl (C=O) groups is 2. The first-order chi connectivity index (χ1) is 8.17. The third-order valence-electron chi connectivity index (χ3n) is 3.06. The molecule has 2 rings (SSSR count). The molecular weight excluding hydrogens is 220 g/mol. The summed E-state index contributed by atoms with van der Waals surface area (Å²) in [6.45, 7) is 0. The van der Waals surface area contributed by atoms with E-state index in [4.69, 9.17) is 4.74 Å². The Balaban J connectivity index is 2.48. The molecule has 0 heterocycles. The lowest BCUT2D eigenvalue weighted by Gasteiger charge is -2.22. The summed E-state index contributed by atoms with van der Waals surface area (Å²) in [5.74, 6) is -0.729. The predicted octanol–water partition coefficient (Wildman–Crippen LogP) is 1.47. The molecule has 1 unspecified atom stereocenters. The first kappa shape index (κ1) is 11.6. The Hall–Kier alpha value is -1.84. The van der Waals surface area contributed by atoms with Crippen molar-refractivity contribution < 1.29 is 19.1 Å². The molecule has 4 nitrogen and oxygen atoms in total. The van der Waals surface area contributed by atoms with E-state index >= 15 is 0 Å². The molecule has 17 heavy (non-hydrogen) atoms. The van der Waals surface area contributed by atoms with Crippen molar-refractivity contribution in [1.29, 1.82) is 0 Å². The van der Waals surface area contributed by atoms with Crippen molar-refractivity contribution in [3.63, 3.8) is 0 Å². The molecule has 1 aromatic rings. The molecule has 0 aromatic heterocycles. The van der Waals surface area contributed by atoms with E-state index in [9.17, 15) is 9.59 Å². The monoisotopic (exact) mass is 234 g/mol. The van der Waals surface area contributed by atoms with Gasteiger partial charge in [-0.25, -0.2) is 0 Å². The van der Waals surface area contributed by atoms with Crippen LogP contribution in [0.4, 0.5) is 0 Å². The van der Waals surface area contributed by atoms with Gasteiger partial charge in [0.2, 0.25) is 0 Å². The molecule has 0 N–H and O–H groups in total. The van der Waals surface area contributed by atoms with Gasteiger partial charge >= 0.3 is 5.97 Å². The van der Waals surface area contributed by atoms with Gasteiger partial charge in [-0.1, -0.05) is 6.07 Å². The molecule has 0 spiro atoms. The summed E-state index contributed by atoms with van der Waals surface area (Å²) in [5.41, 5.74) is 1.73. The second-order valence-electron chi connectivity index (χ2n) is 3.99. The number of methoxy groups -OCH3 is 2. The highest BCUT2D eigenvalue weighted by Crippen LogP contribution is 2.32. The van der Waals surface area contributed by atoms with E-state index < -0.39 is 11.9 Å².